The normalized spacial score (nSPS) is 17.4. The number of benzene rings is 3. The first-order valence-corrected chi connectivity index (χ1v) is 18.3. The molecule has 3 aromatic carbocycles. The molecular formula is C39H43ClN6O7. The number of alkyl halides is 1. The Morgan fingerprint density at radius 1 is 0.849 bits per heavy atom. The molecule has 3 N–H and O–H groups in total. The molecule has 1 saturated heterocycles. The molecule has 1 atom stereocenters. The highest BCUT2D eigenvalue weighted by Gasteiger charge is 2.37. The number of fused-ring (bicyclic) bond motifs is 5. The number of anilines is 2. The van der Waals surface area contributed by atoms with E-state index in [1.165, 1.54) is 21.3 Å². The van der Waals surface area contributed by atoms with Gasteiger partial charge in [-0.05, 0) is 61.0 Å². The fraction of sp³-hybridized carbons (Fsp3) is 0.385. The third-order valence-corrected chi connectivity index (χ3v) is 11.2. The second-order valence-corrected chi connectivity index (χ2v) is 14.2. The Balaban J connectivity index is 1.04. The van der Waals surface area contributed by atoms with Gasteiger partial charge >= 0.3 is 0 Å². The molecule has 1 fully saturated rings. The molecule has 0 saturated carbocycles. The summed E-state index contributed by atoms with van der Waals surface area (Å²) in [6, 6.07) is 12.7. The van der Waals surface area contributed by atoms with Gasteiger partial charge in [0.25, 0.3) is 11.8 Å². The number of aromatic hydroxyl groups is 1. The second-order valence-electron chi connectivity index (χ2n) is 13.9. The summed E-state index contributed by atoms with van der Waals surface area (Å²) in [6.07, 6.45) is 0.711. The van der Waals surface area contributed by atoms with Crippen LogP contribution in [0.3, 0.4) is 0 Å². The first kappa shape index (κ1) is 34.9. The Bertz CT molecular complexity index is 2230. The molecule has 0 radical (unpaired) electrons. The monoisotopic (exact) mass is 742 g/mol. The van der Waals surface area contributed by atoms with Crippen LogP contribution in [0, 0.1) is 0 Å². The standard InChI is InChI=1S/C39H43ClN6O7/c1-43-9-11-44(12-10-43)13-14-53-25-5-6-29-22(15-25)7-8-45(29)38(48)28-18-26-33-24(20-40)21-46(30(33)19-31(47)35(26)42-28)39(49)27-16-23-17-32(50-2)36(51-3)37(52-4)34(23)41-27/h5-6,15-19,24,41-42,47H,7-14,20-21H2,1-4H3/t24-/m1/s1. The number of hydrogen-bond donors (Lipinski definition) is 3. The fourth-order valence-electron chi connectivity index (χ4n) is 7.98. The van der Waals surface area contributed by atoms with E-state index in [-0.39, 0.29) is 29.4 Å². The minimum atomic E-state index is -0.308. The minimum absolute atomic E-state index is 0.0706. The highest BCUT2D eigenvalue weighted by atomic mass is 35.5. The van der Waals surface area contributed by atoms with E-state index < -0.39 is 0 Å². The molecule has 8 rings (SSSR count). The number of carbonyl (C=O) groups is 2. The van der Waals surface area contributed by atoms with Gasteiger partial charge in [-0.15, -0.1) is 11.6 Å². The topological polar surface area (TPSA) is 136 Å². The third kappa shape index (κ3) is 6.06. The van der Waals surface area contributed by atoms with Crippen molar-refractivity contribution in [2.24, 2.45) is 0 Å². The van der Waals surface area contributed by atoms with Crippen molar-refractivity contribution < 1.29 is 33.6 Å². The Hall–Kier alpha value is -5.11. The van der Waals surface area contributed by atoms with Crippen LogP contribution >= 0.6 is 11.6 Å². The Labute approximate surface area is 311 Å². The van der Waals surface area contributed by atoms with Crippen LogP contribution in [0.5, 0.6) is 28.7 Å². The summed E-state index contributed by atoms with van der Waals surface area (Å²) >= 11 is 6.53. The molecule has 3 aliphatic rings. The van der Waals surface area contributed by atoms with E-state index in [1.54, 1.807) is 34.1 Å². The maximum atomic E-state index is 14.2. The van der Waals surface area contributed by atoms with Gasteiger partial charge in [0.2, 0.25) is 5.75 Å². The fourth-order valence-corrected chi connectivity index (χ4v) is 8.23. The summed E-state index contributed by atoms with van der Waals surface area (Å²) < 4.78 is 22.8. The molecule has 0 aliphatic carbocycles. The molecule has 0 spiro atoms. The molecule has 53 heavy (non-hydrogen) atoms. The van der Waals surface area contributed by atoms with Crippen molar-refractivity contribution in [3.05, 3.63) is 65.0 Å². The number of halogens is 1. The quantitative estimate of drug-likeness (QED) is 0.165. The molecule has 2 aromatic heterocycles. The zero-order valence-corrected chi connectivity index (χ0v) is 31.0. The first-order chi connectivity index (χ1) is 25.7. The average molecular weight is 743 g/mol. The van der Waals surface area contributed by atoms with Crippen LogP contribution in [-0.2, 0) is 6.42 Å². The molecule has 5 heterocycles. The number of ether oxygens (including phenoxy) is 4. The lowest BCUT2D eigenvalue weighted by molar-refractivity contribution is 0.0977. The van der Waals surface area contributed by atoms with Crippen molar-refractivity contribution >= 4 is 56.6 Å². The number of piperazine rings is 1. The molecule has 3 aliphatic heterocycles. The number of methoxy groups -OCH3 is 3. The van der Waals surface area contributed by atoms with Crippen molar-refractivity contribution in [3.63, 3.8) is 0 Å². The minimum Gasteiger partial charge on any atom is -0.506 e. The van der Waals surface area contributed by atoms with E-state index in [9.17, 15) is 14.7 Å². The van der Waals surface area contributed by atoms with Gasteiger partial charge in [0.15, 0.2) is 11.5 Å². The van der Waals surface area contributed by atoms with Crippen LogP contribution < -0.4 is 28.7 Å². The average Bonchev–Trinajstić information content (AvgIpc) is 3.97. The second kappa shape index (κ2) is 14.0. The molecule has 278 valence electrons. The highest BCUT2D eigenvalue weighted by molar-refractivity contribution is 6.20. The predicted octanol–water partition coefficient (Wildman–Crippen LogP) is 5.19. The number of nitrogens with one attached hydrogen (secondary N) is 2. The van der Waals surface area contributed by atoms with Gasteiger partial charge in [-0.25, -0.2) is 0 Å². The van der Waals surface area contributed by atoms with Crippen LogP contribution in [0.2, 0.25) is 0 Å². The van der Waals surface area contributed by atoms with Gasteiger partial charge in [-0.3, -0.25) is 14.5 Å². The summed E-state index contributed by atoms with van der Waals surface area (Å²) in [6.45, 7) is 6.55. The number of aromatic nitrogens is 2. The Morgan fingerprint density at radius 2 is 1.58 bits per heavy atom. The van der Waals surface area contributed by atoms with Gasteiger partial charge < -0.3 is 48.7 Å². The number of rotatable bonds is 10. The van der Waals surface area contributed by atoms with Crippen molar-refractivity contribution in [3.8, 4) is 28.7 Å². The number of amides is 2. The molecule has 2 amide bonds. The molecule has 13 nitrogen and oxygen atoms in total. The van der Waals surface area contributed by atoms with Crippen LogP contribution in [0.4, 0.5) is 11.4 Å². The summed E-state index contributed by atoms with van der Waals surface area (Å²) in [4.78, 5) is 42.7. The Morgan fingerprint density at radius 3 is 2.32 bits per heavy atom. The maximum Gasteiger partial charge on any atom is 0.274 e. The zero-order valence-electron chi connectivity index (χ0n) is 30.3. The molecule has 0 bridgehead atoms. The number of carbonyl (C=O) groups excluding carboxylic acids is 2. The summed E-state index contributed by atoms with van der Waals surface area (Å²) in [5, 5.41) is 12.6. The summed E-state index contributed by atoms with van der Waals surface area (Å²) in [7, 11) is 6.73. The van der Waals surface area contributed by atoms with Crippen LogP contribution in [0.25, 0.3) is 21.8 Å². The zero-order chi connectivity index (χ0) is 37.0. The van der Waals surface area contributed by atoms with Gasteiger partial charge in [0.05, 0.1) is 38.1 Å². The maximum absolute atomic E-state index is 14.2. The number of likely N-dealkylation sites (N-methyl/N-ethyl adjacent to an activating group) is 1. The lowest BCUT2D eigenvalue weighted by Crippen LogP contribution is -2.45. The number of hydrogen-bond acceptors (Lipinski definition) is 9. The Kier molecular flexibility index (Phi) is 9.25. The van der Waals surface area contributed by atoms with Crippen molar-refractivity contribution in [2.75, 3.05) is 96.5 Å². The van der Waals surface area contributed by atoms with Gasteiger partial charge in [0.1, 0.15) is 29.5 Å². The molecule has 0 unspecified atom stereocenters. The van der Waals surface area contributed by atoms with Crippen molar-refractivity contribution in [1.29, 1.82) is 0 Å². The predicted molar refractivity (Wildman–Crippen MR) is 204 cm³/mol. The van der Waals surface area contributed by atoms with Crippen molar-refractivity contribution in [2.45, 2.75) is 12.3 Å². The van der Waals surface area contributed by atoms with Crippen molar-refractivity contribution in [1.82, 2.24) is 19.8 Å². The van der Waals surface area contributed by atoms with Gasteiger partial charge in [-0.1, -0.05) is 0 Å². The summed E-state index contributed by atoms with van der Waals surface area (Å²) in [5.41, 5.74) is 4.90. The van der Waals surface area contributed by atoms with Crippen LogP contribution in [-0.4, -0.2) is 123 Å². The number of phenols is 1. The first-order valence-electron chi connectivity index (χ1n) is 17.8. The van der Waals surface area contributed by atoms with Crippen LogP contribution in [0.1, 0.15) is 38.0 Å². The number of H-pyrrole nitrogens is 2. The highest BCUT2D eigenvalue weighted by Crippen LogP contribution is 2.47. The van der Waals surface area contributed by atoms with E-state index in [0.29, 0.717) is 82.2 Å². The third-order valence-electron chi connectivity index (χ3n) is 10.8. The van der Waals surface area contributed by atoms with E-state index >= 15 is 0 Å². The van der Waals surface area contributed by atoms with E-state index in [0.717, 1.165) is 55.3 Å². The lowest BCUT2D eigenvalue weighted by atomic mass is 9.98. The van der Waals surface area contributed by atoms with E-state index in [2.05, 4.69) is 26.8 Å². The number of aromatic amines is 2. The smallest absolute Gasteiger partial charge is 0.274 e. The van der Waals surface area contributed by atoms with E-state index in [4.69, 9.17) is 30.5 Å². The molecule has 5 aromatic rings. The number of phenolic OH excluding ortho intramolecular Hbond substituents is 1. The largest absolute Gasteiger partial charge is 0.506 e. The van der Waals surface area contributed by atoms with E-state index in [1.807, 2.05) is 18.2 Å². The molecular weight excluding hydrogens is 700 g/mol. The molecule has 14 heteroatoms. The lowest BCUT2D eigenvalue weighted by Gasteiger charge is -2.32. The van der Waals surface area contributed by atoms with Crippen LogP contribution in [0.15, 0.2) is 42.5 Å². The van der Waals surface area contributed by atoms with Gasteiger partial charge in [0, 0.05) is 80.1 Å². The van der Waals surface area contributed by atoms with Gasteiger partial charge in [-0.2, -0.15) is 0 Å². The number of nitrogens with zero attached hydrogens (tertiary/aromatic N) is 4. The summed E-state index contributed by atoms with van der Waals surface area (Å²) in [5.74, 6) is 1.51. The SMILES string of the molecule is COc1cc2cc(C(=O)N3C[C@@H](CCl)c4c3cc(O)c3[nH]c(C(=O)N5CCc6cc(OCCN7CCN(C)CC7)ccc65)cc43)[nH]c2c(OC)c1OC.